The molecule has 0 aliphatic heterocycles. The Hall–Kier alpha value is -2.12. The van der Waals surface area contributed by atoms with Crippen LogP contribution in [0, 0.1) is 5.82 Å². The minimum absolute atomic E-state index is 0.0343. The Morgan fingerprint density at radius 1 is 1.09 bits per heavy atom. The number of rotatable bonds is 8. The Balaban J connectivity index is 1.93. The van der Waals surface area contributed by atoms with Crippen molar-refractivity contribution in [3.8, 4) is 5.75 Å². The smallest absolute Gasteiger partial charge is 0.236 e. The van der Waals surface area contributed by atoms with E-state index in [1.54, 1.807) is 25.3 Å². The first-order chi connectivity index (χ1) is 11.0. The highest BCUT2D eigenvalue weighted by atomic mass is 32.2. The molecule has 7 heteroatoms. The molecule has 23 heavy (non-hydrogen) atoms. The van der Waals surface area contributed by atoms with E-state index in [4.69, 9.17) is 9.47 Å². The first-order valence-corrected chi connectivity index (χ1v) is 8.61. The predicted octanol–water partition coefficient (Wildman–Crippen LogP) is 2.79. The minimum atomic E-state index is -3.56. The lowest BCUT2D eigenvalue weighted by molar-refractivity contribution is 0.185. The van der Waals surface area contributed by atoms with Crippen LogP contribution in [0.2, 0.25) is 0 Å². The number of para-hydroxylation sites is 1. The summed E-state index contributed by atoms with van der Waals surface area (Å²) in [5.41, 5.74) is 1.23. The molecule has 0 aromatic heterocycles. The van der Waals surface area contributed by atoms with Gasteiger partial charge in [0.15, 0.2) is 0 Å². The van der Waals surface area contributed by atoms with E-state index in [1.807, 2.05) is 6.07 Å². The third-order valence-corrected chi connectivity index (χ3v) is 4.25. The quantitative estimate of drug-likeness (QED) is 0.803. The van der Waals surface area contributed by atoms with Crippen molar-refractivity contribution in [2.24, 2.45) is 0 Å². The summed E-state index contributed by atoms with van der Waals surface area (Å²) >= 11 is 0. The van der Waals surface area contributed by atoms with Crippen LogP contribution >= 0.6 is 0 Å². The van der Waals surface area contributed by atoms with Crippen LogP contribution in [0.1, 0.15) is 5.56 Å². The molecule has 124 valence electrons. The predicted molar refractivity (Wildman–Crippen MR) is 86.5 cm³/mol. The number of halogens is 1. The third kappa shape index (κ3) is 5.54. The van der Waals surface area contributed by atoms with Crippen molar-refractivity contribution in [1.82, 2.24) is 0 Å². The van der Waals surface area contributed by atoms with Crippen molar-refractivity contribution in [2.45, 2.75) is 6.61 Å². The highest BCUT2D eigenvalue weighted by molar-refractivity contribution is 7.92. The van der Waals surface area contributed by atoms with Gasteiger partial charge in [-0.3, -0.25) is 4.72 Å². The van der Waals surface area contributed by atoms with Crippen molar-refractivity contribution >= 4 is 15.7 Å². The highest BCUT2D eigenvalue weighted by Crippen LogP contribution is 2.17. The zero-order valence-corrected chi connectivity index (χ0v) is 13.5. The second kappa shape index (κ2) is 7.94. The van der Waals surface area contributed by atoms with E-state index in [2.05, 4.69) is 4.72 Å². The Bertz CT molecular complexity index is 732. The molecule has 0 aliphatic rings. The fourth-order valence-corrected chi connectivity index (χ4v) is 2.86. The fraction of sp³-hybridized carbons (Fsp3) is 0.250. The van der Waals surface area contributed by atoms with E-state index in [0.717, 1.165) is 5.56 Å². The van der Waals surface area contributed by atoms with Gasteiger partial charge in [0.05, 0.1) is 12.3 Å². The van der Waals surface area contributed by atoms with Gasteiger partial charge in [-0.1, -0.05) is 18.2 Å². The molecule has 0 saturated carbocycles. The fourth-order valence-electron chi connectivity index (χ4n) is 1.92. The van der Waals surface area contributed by atoms with Gasteiger partial charge in [-0.15, -0.1) is 0 Å². The van der Waals surface area contributed by atoms with Gasteiger partial charge in [-0.2, -0.15) is 0 Å². The Morgan fingerprint density at radius 3 is 2.48 bits per heavy atom. The van der Waals surface area contributed by atoms with E-state index < -0.39 is 10.0 Å². The van der Waals surface area contributed by atoms with E-state index in [-0.39, 0.29) is 18.2 Å². The first-order valence-electron chi connectivity index (χ1n) is 6.96. The molecule has 2 rings (SSSR count). The van der Waals surface area contributed by atoms with Crippen molar-refractivity contribution in [2.75, 3.05) is 24.2 Å². The van der Waals surface area contributed by atoms with Gasteiger partial charge in [0.1, 0.15) is 23.9 Å². The summed E-state index contributed by atoms with van der Waals surface area (Å²) in [6, 6.07) is 12.4. The van der Waals surface area contributed by atoms with Crippen LogP contribution in [0.15, 0.2) is 48.5 Å². The van der Waals surface area contributed by atoms with E-state index >= 15 is 0 Å². The number of methoxy groups -OCH3 is 1. The summed E-state index contributed by atoms with van der Waals surface area (Å²) in [5.74, 6) is -0.172. The second-order valence-electron chi connectivity index (χ2n) is 4.81. The van der Waals surface area contributed by atoms with E-state index in [1.165, 1.54) is 24.3 Å². The normalized spacial score (nSPS) is 11.2. The Morgan fingerprint density at radius 2 is 1.78 bits per heavy atom. The van der Waals surface area contributed by atoms with Gasteiger partial charge in [0, 0.05) is 12.7 Å². The largest absolute Gasteiger partial charge is 0.492 e. The summed E-state index contributed by atoms with van der Waals surface area (Å²) in [6.07, 6.45) is 0. The summed E-state index contributed by atoms with van der Waals surface area (Å²) in [6.45, 7) is 0.276. The molecule has 0 atom stereocenters. The Labute approximate surface area is 135 Å². The van der Waals surface area contributed by atoms with Crippen LogP contribution in [0.25, 0.3) is 0 Å². The lowest BCUT2D eigenvalue weighted by Gasteiger charge is -2.12. The van der Waals surface area contributed by atoms with Gasteiger partial charge >= 0.3 is 0 Å². The lowest BCUT2D eigenvalue weighted by Crippen LogP contribution is -2.22. The maximum Gasteiger partial charge on any atom is 0.236 e. The molecule has 0 fully saturated rings. The molecule has 1 N–H and O–H groups in total. The number of hydrogen-bond acceptors (Lipinski definition) is 4. The Kier molecular flexibility index (Phi) is 5.95. The molecule has 5 nitrogen and oxygen atoms in total. The zero-order valence-electron chi connectivity index (χ0n) is 12.7. The van der Waals surface area contributed by atoms with Gasteiger partial charge < -0.3 is 9.47 Å². The molecule has 0 amide bonds. The standard InChI is InChI=1S/C16H18FNO4S/c1-21-12-13-4-2-3-5-16(13)18-23(19,20)11-10-22-15-8-6-14(17)7-9-15/h2-9,18H,10-12H2,1H3. The van der Waals surface area contributed by atoms with Crippen LogP contribution < -0.4 is 9.46 Å². The summed E-state index contributed by atoms with van der Waals surface area (Å²) in [7, 11) is -2.01. The first kappa shape index (κ1) is 17.2. The minimum Gasteiger partial charge on any atom is -0.492 e. The summed E-state index contributed by atoms with van der Waals surface area (Å²) in [5, 5.41) is 0. The van der Waals surface area contributed by atoms with Crippen LogP contribution in [0.4, 0.5) is 10.1 Å². The van der Waals surface area contributed by atoms with Crippen LogP contribution in [0.3, 0.4) is 0 Å². The molecular weight excluding hydrogens is 321 g/mol. The van der Waals surface area contributed by atoms with Crippen molar-refractivity contribution in [1.29, 1.82) is 0 Å². The summed E-state index contributed by atoms with van der Waals surface area (Å²) < 4.78 is 49.8. The third-order valence-electron chi connectivity index (χ3n) is 3.02. The number of nitrogens with one attached hydrogen (secondary N) is 1. The number of anilines is 1. The van der Waals surface area contributed by atoms with Gasteiger partial charge in [0.2, 0.25) is 10.0 Å². The molecule has 0 bridgehead atoms. The van der Waals surface area contributed by atoms with Gasteiger partial charge in [-0.05, 0) is 30.3 Å². The SMILES string of the molecule is COCc1ccccc1NS(=O)(=O)CCOc1ccc(F)cc1. The monoisotopic (exact) mass is 339 g/mol. The summed E-state index contributed by atoms with van der Waals surface area (Å²) in [4.78, 5) is 0. The van der Waals surface area contributed by atoms with Gasteiger partial charge in [-0.25, -0.2) is 12.8 Å². The zero-order chi connectivity index (χ0) is 16.7. The maximum atomic E-state index is 12.8. The van der Waals surface area contributed by atoms with E-state index in [0.29, 0.717) is 18.0 Å². The highest BCUT2D eigenvalue weighted by Gasteiger charge is 2.13. The average molecular weight is 339 g/mol. The van der Waals surface area contributed by atoms with Crippen LogP contribution in [0.5, 0.6) is 5.75 Å². The maximum absolute atomic E-state index is 12.8. The van der Waals surface area contributed by atoms with Crippen LogP contribution in [-0.4, -0.2) is 27.9 Å². The average Bonchev–Trinajstić information content (AvgIpc) is 2.51. The van der Waals surface area contributed by atoms with Crippen molar-refractivity contribution < 1.29 is 22.3 Å². The van der Waals surface area contributed by atoms with Gasteiger partial charge in [0.25, 0.3) is 0 Å². The van der Waals surface area contributed by atoms with Crippen LogP contribution in [-0.2, 0) is 21.4 Å². The lowest BCUT2D eigenvalue weighted by atomic mass is 10.2. The topological polar surface area (TPSA) is 64.6 Å². The molecular formula is C16H18FNO4S. The molecule has 0 radical (unpaired) electrons. The van der Waals surface area contributed by atoms with Crippen molar-refractivity contribution in [3.05, 3.63) is 59.9 Å². The second-order valence-corrected chi connectivity index (χ2v) is 6.66. The molecule has 0 saturated heterocycles. The molecule has 0 unspecified atom stereocenters. The molecule has 0 heterocycles. The number of sulfonamides is 1. The molecule has 2 aromatic carbocycles. The molecule has 0 aliphatic carbocycles. The molecule has 0 spiro atoms. The van der Waals surface area contributed by atoms with Crippen molar-refractivity contribution in [3.63, 3.8) is 0 Å². The molecule has 2 aromatic rings. The number of hydrogen-bond donors (Lipinski definition) is 1. The number of ether oxygens (including phenoxy) is 2. The van der Waals surface area contributed by atoms with E-state index in [9.17, 15) is 12.8 Å². The number of benzene rings is 2.